The third-order valence-corrected chi connectivity index (χ3v) is 5.02. The fourth-order valence-electron chi connectivity index (χ4n) is 2.57. The Hall–Kier alpha value is -2.66. The van der Waals surface area contributed by atoms with E-state index < -0.39 is 18.3 Å². The summed E-state index contributed by atoms with van der Waals surface area (Å²) in [4.78, 5) is 13.4. The molecule has 2 heterocycles. The van der Waals surface area contributed by atoms with Gasteiger partial charge in [-0.2, -0.15) is 5.10 Å². The molecule has 6 nitrogen and oxygen atoms in total. The Bertz CT molecular complexity index is 1010. The van der Waals surface area contributed by atoms with Gasteiger partial charge in [0, 0.05) is 12.1 Å². The summed E-state index contributed by atoms with van der Waals surface area (Å²) in [5.74, 6) is -0.261. The van der Waals surface area contributed by atoms with Crippen LogP contribution in [0.4, 0.5) is 13.2 Å². The van der Waals surface area contributed by atoms with Gasteiger partial charge in [0.1, 0.15) is 11.8 Å². The third-order valence-electron chi connectivity index (χ3n) is 3.86. The van der Waals surface area contributed by atoms with E-state index in [0.29, 0.717) is 5.82 Å². The molecule has 0 aliphatic heterocycles. The van der Waals surface area contributed by atoms with Gasteiger partial charge in [-0.3, -0.25) is 14.5 Å². The zero-order valence-electron chi connectivity index (χ0n) is 14.5. The van der Waals surface area contributed by atoms with Gasteiger partial charge in [-0.25, -0.2) is 0 Å². The Kier molecular flexibility index (Phi) is 5.84. The average molecular weight is 428 g/mol. The van der Waals surface area contributed by atoms with Crippen LogP contribution >= 0.6 is 23.6 Å². The highest BCUT2D eigenvalue weighted by Gasteiger charge is 2.32. The molecule has 1 aromatic carbocycles. The number of thiophene rings is 1. The van der Waals surface area contributed by atoms with Gasteiger partial charge in [0.15, 0.2) is 10.6 Å². The maximum absolute atomic E-state index is 12.6. The number of para-hydroxylation sites is 1. The predicted octanol–water partition coefficient (Wildman–Crippen LogP) is 4.45. The second kappa shape index (κ2) is 8.15. The van der Waals surface area contributed by atoms with Crippen molar-refractivity contribution in [3.63, 3.8) is 0 Å². The van der Waals surface area contributed by atoms with Crippen molar-refractivity contribution >= 4 is 29.5 Å². The second-order valence-corrected chi connectivity index (χ2v) is 7.08. The number of H-pyrrole nitrogens is 1. The number of nitrogens with one attached hydrogen (secondary N) is 2. The van der Waals surface area contributed by atoms with Gasteiger partial charge in [0.25, 0.3) is 0 Å². The Morgan fingerprint density at radius 2 is 2.11 bits per heavy atom. The topological polar surface area (TPSA) is 71.9 Å². The average Bonchev–Trinajstić information content (AvgIpc) is 3.28. The van der Waals surface area contributed by atoms with E-state index in [2.05, 4.69) is 20.3 Å². The van der Waals surface area contributed by atoms with Crippen molar-refractivity contribution in [1.82, 2.24) is 20.1 Å². The molecule has 0 spiro atoms. The number of carbonyl (C=O) groups is 1. The molecule has 0 bridgehead atoms. The summed E-state index contributed by atoms with van der Waals surface area (Å²) in [6.07, 6.45) is -4.81. The fourth-order valence-corrected chi connectivity index (χ4v) is 3.57. The normalized spacial score (nSPS) is 12.6. The van der Waals surface area contributed by atoms with E-state index in [-0.39, 0.29) is 22.6 Å². The number of hydrogen-bond donors (Lipinski definition) is 2. The number of amides is 1. The lowest BCUT2D eigenvalue weighted by atomic mass is 10.2. The summed E-state index contributed by atoms with van der Waals surface area (Å²) in [6, 6.07) is 8.61. The summed E-state index contributed by atoms with van der Waals surface area (Å²) in [7, 11) is 0. The van der Waals surface area contributed by atoms with E-state index >= 15 is 0 Å². The van der Waals surface area contributed by atoms with Gasteiger partial charge >= 0.3 is 6.36 Å². The van der Waals surface area contributed by atoms with Crippen molar-refractivity contribution in [2.24, 2.45) is 0 Å². The first-order valence-corrected chi connectivity index (χ1v) is 9.37. The van der Waals surface area contributed by atoms with Crippen LogP contribution in [0.3, 0.4) is 0 Å². The maximum Gasteiger partial charge on any atom is 0.573 e. The molecule has 0 radical (unpaired) electrons. The molecule has 0 saturated carbocycles. The van der Waals surface area contributed by atoms with Crippen LogP contribution in [0.25, 0.3) is 10.7 Å². The standard InChI is InChI=1S/C17H15F3N4O2S2/c1-10(24-14(22-23-16(24)27)13-7-4-8-28-13)15(25)21-9-11-5-2-3-6-12(11)26-17(18,19)20/h2-8,10H,9H2,1H3,(H,21,25)(H,23,27). The number of alkyl halides is 3. The number of halogens is 3. The van der Waals surface area contributed by atoms with Crippen LogP contribution in [-0.4, -0.2) is 27.0 Å². The lowest BCUT2D eigenvalue weighted by molar-refractivity contribution is -0.274. The van der Waals surface area contributed by atoms with Crippen LogP contribution < -0.4 is 10.1 Å². The first-order valence-electron chi connectivity index (χ1n) is 8.08. The van der Waals surface area contributed by atoms with Gasteiger partial charge in [0.05, 0.1) is 4.88 Å². The van der Waals surface area contributed by atoms with E-state index in [1.54, 1.807) is 17.6 Å². The Labute approximate surface area is 167 Å². The minimum atomic E-state index is -4.81. The van der Waals surface area contributed by atoms with Crippen molar-refractivity contribution in [3.05, 3.63) is 52.1 Å². The highest BCUT2D eigenvalue weighted by molar-refractivity contribution is 7.71. The zero-order valence-corrected chi connectivity index (χ0v) is 16.1. The summed E-state index contributed by atoms with van der Waals surface area (Å²) in [5, 5.41) is 11.3. The molecule has 1 atom stereocenters. The summed E-state index contributed by atoms with van der Waals surface area (Å²) >= 11 is 6.67. The Morgan fingerprint density at radius 1 is 1.36 bits per heavy atom. The highest BCUT2D eigenvalue weighted by Crippen LogP contribution is 2.27. The van der Waals surface area contributed by atoms with Crippen LogP contribution in [-0.2, 0) is 11.3 Å². The number of carbonyl (C=O) groups excluding carboxylic acids is 1. The predicted molar refractivity (Wildman–Crippen MR) is 100 cm³/mol. The molecular weight excluding hydrogens is 413 g/mol. The molecule has 0 saturated heterocycles. The van der Waals surface area contributed by atoms with Crippen molar-refractivity contribution in [3.8, 4) is 16.5 Å². The molecule has 28 heavy (non-hydrogen) atoms. The van der Waals surface area contributed by atoms with Crippen LogP contribution in [0.5, 0.6) is 5.75 Å². The highest BCUT2D eigenvalue weighted by atomic mass is 32.1. The zero-order chi connectivity index (χ0) is 20.3. The van der Waals surface area contributed by atoms with E-state index in [1.807, 2.05) is 17.5 Å². The number of aromatic amines is 1. The Balaban J connectivity index is 1.75. The van der Waals surface area contributed by atoms with Crippen molar-refractivity contribution in [2.75, 3.05) is 0 Å². The van der Waals surface area contributed by atoms with Gasteiger partial charge in [-0.05, 0) is 36.7 Å². The molecule has 2 aromatic heterocycles. The monoisotopic (exact) mass is 428 g/mol. The minimum Gasteiger partial charge on any atom is -0.405 e. The smallest absolute Gasteiger partial charge is 0.405 e. The lowest BCUT2D eigenvalue weighted by Crippen LogP contribution is -2.31. The molecule has 0 aliphatic carbocycles. The van der Waals surface area contributed by atoms with Gasteiger partial charge in [-0.15, -0.1) is 24.5 Å². The van der Waals surface area contributed by atoms with Crippen LogP contribution in [0.15, 0.2) is 41.8 Å². The second-order valence-electron chi connectivity index (χ2n) is 5.75. The van der Waals surface area contributed by atoms with E-state index in [0.717, 1.165) is 4.88 Å². The summed E-state index contributed by atoms with van der Waals surface area (Å²) in [5.41, 5.74) is 0.203. The van der Waals surface area contributed by atoms with Crippen molar-refractivity contribution in [1.29, 1.82) is 0 Å². The van der Waals surface area contributed by atoms with Gasteiger partial charge < -0.3 is 10.1 Å². The molecule has 11 heteroatoms. The van der Waals surface area contributed by atoms with E-state index in [4.69, 9.17) is 12.2 Å². The summed E-state index contributed by atoms with van der Waals surface area (Å²) < 4.78 is 43.4. The SMILES string of the molecule is CC(C(=O)NCc1ccccc1OC(F)(F)F)n1c(-c2cccs2)n[nH]c1=S. The van der Waals surface area contributed by atoms with Crippen LogP contribution in [0.1, 0.15) is 18.5 Å². The lowest BCUT2D eigenvalue weighted by Gasteiger charge is -2.17. The fraction of sp³-hybridized carbons (Fsp3) is 0.235. The molecule has 3 rings (SSSR count). The van der Waals surface area contributed by atoms with Crippen LogP contribution in [0.2, 0.25) is 0 Å². The first kappa shape index (κ1) is 20.1. The molecule has 1 unspecified atom stereocenters. The maximum atomic E-state index is 12.6. The largest absolute Gasteiger partial charge is 0.573 e. The van der Waals surface area contributed by atoms with Crippen molar-refractivity contribution < 1.29 is 22.7 Å². The number of rotatable bonds is 6. The molecule has 148 valence electrons. The number of hydrogen-bond acceptors (Lipinski definition) is 5. The molecule has 3 aromatic rings. The number of aromatic nitrogens is 3. The van der Waals surface area contributed by atoms with Gasteiger partial charge in [-0.1, -0.05) is 24.3 Å². The molecule has 2 N–H and O–H groups in total. The molecule has 0 aliphatic rings. The number of ether oxygens (including phenoxy) is 1. The number of benzene rings is 1. The first-order chi connectivity index (χ1) is 13.3. The van der Waals surface area contributed by atoms with E-state index in [9.17, 15) is 18.0 Å². The number of nitrogens with zero attached hydrogens (tertiary/aromatic N) is 2. The molecule has 0 fully saturated rings. The van der Waals surface area contributed by atoms with Gasteiger partial charge in [0.2, 0.25) is 5.91 Å². The minimum absolute atomic E-state index is 0.130. The van der Waals surface area contributed by atoms with Crippen molar-refractivity contribution in [2.45, 2.75) is 25.9 Å². The molecule has 1 amide bonds. The van der Waals surface area contributed by atoms with Crippen LogP contribution in [0, 0.1) is 4.77 Å². The third kappa shape index (κ3) is 4.60. The quantitative estimate of drug-likeness (QED) is 0.569. The van der Waals surface area contributed by atoms with E-state index in [1.165, 1.54) is 29.5 Å². The Morgan fingerprint density at radius 3 is 2.79 bits per heavy atom. The summed E-state index contributed by atoms with van der Waals surface area (Å²) in [6.45, 7) is 1.50. The molecular formula is C17H15F3N4O2S2.